The van der Waals surface area contributed by atoms with Gasteiger partial charge in [0.05, 0.1) is 23.6 Å². The highest BCUT2D eigenvalue weighted by molar-refractivity contribution is 7.12. The number of ether oxygens (including phenoxy) is 1. The largest absolute Gasteiger partial charge is 0.503 e. The number of hydrogen-bond acceptors (Lipinski definition) is 5. The Kier molecular flexibility index (Phi) is 5.22. The maximum absolute atomic E-state index is 13.2. The molecule has 0 spiro atoms. The predicted molar refractivity (Wildman–Crippen MR) is 108 cm³/mol. The molecular weight excluding hydrogens is 374 g/mol. The Labute approximate surface area is 168 Å². The second-order valence-corrected chi connectivity index (χ2v) is 8.20. The number of aliphatic hydroxyl groups excluding tert-OH is 1. The average Bonchev–Trinajstić information content (AvgIpc) is 3.36. The van der Waals surface area contributed by atoms with E-state index in [9.17, 15) is 14.7 Å². The maximum Gasteiger partial charge on any atom is 0.290 e. The van der Waals surface area contributed by atoms with Gasteiger partial charge in [0.25, 0.3) is 5.91 Å². The quantitative estimate of drug-likeness (QED) is 0.745. The van der Waals surface area contributed by atoms with Gasteiger partial charge in [-0.2, -0.15) is 0 Å². The monoisotopic (exact) mass is 397 g/mol. The van der Waals surface area contributed by atoms with Crippen LogP contribution in [0.5, 0.6) is 5.75 Å². The van der Waals surface area contributed by atoms with Gasteiger partial charge in [0.15, 0.2) is 5.76 Å². The van der Waals surface area contributed by atoms with Gasteiger partial charge >= 0.3 is 0 Å². The van der Waals surface area contributed by atoms with Crippen molar-refractivity contribution in [3.8, 4) is 5.75 Å². The summed E-state index contributed by atoms with van der Waals surface area (Å²) in [5, 5.41) is 12.5. The SMILES string of the molecule is COc1ccc(C2C(C(=O)c3cccs3)=C(O)C(=O)N2C2CCCCC2)cc1. The standard InChI is InChI=1S/C22H23NO4S/c1-27-16-11-9-14(10-12-16)19-18(20(24)17-8-5-13-28-17)21(25)22(26)23(19)15-6-3-2-4-7-15/h5,8-13,15,19,25H,2-4,6-7H2,1H3. The molecule has 1 fully saturated rings. The van der Waals surface area contributed by atoms with Crippen molar-refractivity contribution in [2.45, 2.75) is 44.2 Å². The summed E-state index contributed by atoms with van der Waals surface area (Å²) in [6, 6.07) is 10.4. The molecule has 1 aliphatic carbocycles. The number of ketones is 1. The van der Waals surface area contributed by atoms with Gasteiger partial charge < -0.3 is 14.7 Å². The second-order valence-electron chi connectivity index (χ2n) is 7.25. The van der Waals surface area contributed by atoms with Crippen molar-refractivity contribution in [2.24, 2.45) is 0 Å². The summed E-state index contributed by atoms with van der Waals surface area (Å²) in [6.07, 6.45) is 5.06. The van der Waals surface area contributed by atoms with Gasteiger partial charge in [-0.1, -0.05) is 37.5 Å². The van der Waals surface area contributed by atoms with Crippen LogP contribution in [0.1, 0.15) is 53.4 Å². The average molecular weight is 397 g/mol. The van der Waals surface area contributed by atoms with Crippen LogP contribution in [-0.4, -0.2) is 34.8 Å². The van der Waals surface area contributed by atoms with Crippen LogP contribution in [-0.2, 0) is 4.79 Å². The normalized spacial score (nSPS) is 20.7. The number of thiophene rings is 1. The molecule has 1 atom stereocenters. The number of carbonyl (C=O) groups is 2. The molecule has 4 rings (SSSR count). The zero-order valence-corrected chi connectivity index (χ0v) is 16.6. The first-order valence-electron chi connectivity index (χ1n) is 9.59. The molecular formula is C22H23NO4S. The van der Waals surface area contributed by atoms with Crippen LogP contribution >= 0.6 is 11.3 Å². The Morgan fingerprint density at radius 1 is 1.14 bits per heavy atom. The first kappa shape index (κ1) is 18.7. The molecule has 2 heterocycles. The van der Waals surface area contributed by atoms with Crippen LogP contribution in [0.4, 0.5) is 0 Å². The van der Waals surface area contributed by atoms with Crippen molar-refractivity contribution in [3.63, 3.8) is 0 Å². The zero-order chi connectivity index (χ0) is 19.7. The van der Waals surface area contributed by atoms with E-state index in [0.717, 1.165) is 37.7 Å². The molecule has 1 amide bonds. The van der Waals surface area contributed by atoms with Crippen molar-refractivity contribution < 1.29 is 19.4 Å². The molecule has 0 saturated heterocycles. The van der Waals surface area contributed by atoms with Crippen LogP contribution in [0.25, 0.3) is 0 Å². The summed E-state index contributed by atoms with van der Waals surface area (Å²) in [5.74, 6) is -0.422. The summed E-state index contributed by atoms with van der Waals surface area (Å²) in [7, 11) is 1.60. The molecule has 1 saturated carbocycles. The van der Waals surface area contributed by atoms with Crippen LogP contribution in [0, 0.1) is 0 Å². The minimum Gasteiger partial charge on any atom is -0.503 e. The van der Waals surface area contributed by atoms with E-state index in [0.29, 0.717) is 10.6 Å². The van der Waals surface area contributed by atoms with Crippen molar-refractivity contribution in [1.82, 2.24) is 4.90 Å². The number of rotatable bonds is 5. The molecule has 2 aromatic rings. The highest BCUT2D eigenvalue weighted by Crippen LogP contribution is 2.43. The highest BCUT2D eigenvalue weighted by atomic mass is 32.1. The third-order valence-electron chi connectivity index (χ3n) is 5.63. The highest BCUT2D eigenvalue weighted by Gasteiger charge is 2.46. The molecule has 6 heteroatoms. The summed E-state index contributed by atoms with van der Waals surface area (Å²) < 4.78 is 5.24. The van der Waals surface area contributed by atoms with Crippen molar-refractivity contribution in [3.05, 3.63) is 63.6 Å². The van der Waals surface area contributed by atoms with Gasteiger partial charge in [-0.15, -0.1) is 11.3 Å². The number of carbonyl (C=O) groups excluding carboxylic acids is 2. The third-order valence-corrected chi connectivity index (χ3v) is 6.50. The second kappa shape index (κ2) is 7.80. The van der Waals surface area contributed by atoms with E-state index in [1.165, 1.54) is 11.3 Å². The van der Waals surface area contributed by atoms with E-state index >= 15 is 0 Å². The summed E-state index contributed by atoms with van der Waals surface area (Å²) >= 11 is 1.32. The van der Waals surface area contributed by atoms with E-state index in [4.69, 9.17) is 4.74 Å². The van der Waals surface area contributed by atoms with Gasteiger partial charge in [0, 0.05) is 6.04 Å². The maximum atomic E-state index is 13.2. The Balaban J connectivity index is 1.79. The summed E-state index contributed by atoms with van der Waals surface area (Å²) in [4.78, 5) is 28.5. The lowest BCUT2D eigenvalue weighted by Gasteiger charge is -2.36. The molecule has 1 aliphatic heterocycles. The van der Waals surface area contributed by atoms with Crippen LogP contribution < -0.4 is 4.74 Å². The molecule has 0 bridgehead atoms. The molecule has 2 aliphatic rings. The molecule has 1 N–H and O–H groups in total. The zero-order valence-electron chi connectivity index (χ0n) is 15.8. The molecule has 5 nitrogen and oxygen atoms in total. The Bertz CT molecular complexity index is 895. The fraction of sp³-hybridized carbons (Fsp3) is 0.364. The number of hydrogen-bond donors (Lipinski definition) is 1. The topological polar surface area (TPSA) is 66.8 Å². The van der Waals surface area contributed by atoms with E-state index in [1.54, 1.807) is 24.1 Å². The van der Waals surface area contributed by atoms with E-state index in [2.05, 4.69) is 0 Å². The van der Waals surface area contributed by atoms with E-state index < -0.39 is 17.7 Å². The summed E-state index contributed by atoms with van der Waals surface area (Å²) in [5.41, 5.74) is 0.992. The van der Waals surface area contributed by atoms with Gasteiger partial charge in [0.1, 0.15) is 5.75 Å². The lowest BCUT2D eigenvalue weighted by Crippen LogP contribution is -2.41. The minimum atomic E-state index is -0.573. The smallest absolute Gasteiger partial charge is 0.290 e. The number of Topliss-reactive ketones (excluding diaryl/α,β-unsaturated/α-hetero) is 1. The molecule has 1 aromatic carbocycles. The summed E-state index contributed by atoms with van der Waals surface area (Å²) in [6.45, 7) is 0. The number of methoxy groups -OCH3 is 1. The lowest BCUT2D eigenvalue weighted by atomic mass is 9.90. The van der Waals surface area contributed by atoms with Gasteiger partial charge in [0.2, 0.25) is 5.78 Å². The molecule has 28 heavy (non-hydrogen) atoms. The first-order valence-corrected chi connectivity index (χ1v) is 10.5. The van der Waals surface area contributed by atoms with Crippen LogP contribution in [0.15, 0.2) is 53.1 Å². The Morgan fingerprint density at radius 2 is 1.86 bits per heavy atom. The number of nitrogens with zero attached hydrogens (tertiary/aromatic N) is 1. The Hall–Kier alpha value is -2.60. The Morgan fingerprint density at radius 3 is 2.46 bits per heavy atom. The van der Waals surface area contributed by atoms with Gasteiger partial charge in [-0.3, -0.25) is 9.59 Å². The molecule has 1 unspecified atom stereocenters. The van der Waals surface area contributed by atoms with Gasteiger partial charge in [-0.05, 0) is 42.0 Å². The van der Waals surface area contributed by atoms with Crippen LogP contribution in [0.2, 0.25) is 0 Å². The third kappa shape index (κ3) is 3.22. The predicted octanol–water partition coefficient (Wildman–Crippen LogP) is 4.67. The molecule has 0 radical (unpaired) electrons. The van der Waals surface area contributed by atoms with E-state index in [-0.39, 0.29) is 17.4 Å². The number of benzene rings is 1. The lowest BCUT2D eigenvalue weighted by molar-refractivity contribution is -0.132. The van der Waals surface area contributed by atoms with Gasteiger partial charge in [-0.25, -0.2) is 0 Å². The van der Waals surface area contributed by atoms with Crippen molar-refractivity contribution >= 4 is 23.0 Å². The number of aliphatic hydroxyl groups is 1. The molecule has 146 valence electrons. The minimum absolute atomic E-state index is 0.0316. The van der Waals surface area contributed by atoms with Crippen molar-refractivity contribution in [2.75, 3.05) is 7.11 Å². The fourth-order valence-corrected chi connectivity index (χ4v) is 4.92. The molecule has 1 aromatic heterocycles. The first-order chi connectivity index (χ1) is 13.6. The van der Waals surface area contributed by atoms with E-state index in [1.807, 2.05) is 29.6 Å². The fourth-order valence-electron chi connectivity index (χ4n) is 4.24. The number of amides is 1. The van der Waals surface area contributed by atoms with Crippen molar-refractivity contribution in [1.29, 1.82) is 0 Å². The van der Waals surface area contributed by atoms with Crippen LogP contribution in [0.3, 0.4) is 0 Å².